The lowest BCUT2D eigenvalue weighted by Gasteiger charge is -2.35. The van der Waals surface area contributed by atoms with Crippen LogP contribution in [0.4, 0.5) is 0 Å². The summed E-state index contributed by atoms with van der Waals surface area (Å²) in [5.74, 6) is 3.07. The van der Waals surface area contributed by atoms with Gasteiger partial charge in [-0.1, -0.05) is 24.6 Å². The smallest absolute Gasteiger partial charge is 0.191 e. The molecular formula is C21H37IN4OS. The van der Waals surface area contributed by atoms with Crippen LogP contribution in [0.5, 0.6) is 5.75 Å². The number of benzene rings is 1. The number of halogens is 1. The molecule has 1 unspecified atom stereocenters. The summed E-state index contributed by atoms with van der Waals surface area (Å²) in [5.41, 5.74) is 1.25. The van der Waals surface area contributed by atoms with Gasteiger partial charge in [0.05, 0.1) is 13.2 Å². The normalized spacial score (nSPS) is 16.2. The highest BCUT2D eigenvalue weighted by molar-refractivity contribution is 14.0. The minimum atomic E-state index is 0. The van der Waals surface area contributed by atoms with E-state index in [0.29, 0.717) is 0 Å². The van der Waals surface area contributed by atoms with Gasteiger partial charge in [0.25, 0.3) is 0 Å². The molecule has 5 nitrogen and oxygen atoms in total. The maximum absolute atomic E-state index is 5.65. The number of ether oxygens (including phenoxy) is 1. The second-order valence-electron chi connectivity index (χ2n) is 6.93. The molecule has 0 spiro atoms. The van der Waals surface area contributed by atoms with Crippen LogP contribution in [-0.4, -0.2) is 63.2 Å². The number of methoxy groups -OCH3 is 1. The molecule has 1 aliphatic heterocycles. The van der Waals surface area contributed by atoms with Crippen molar-refractivity contribution < 1.29 is 4.74 Å². The molecule has 1 fully saturated rings. The predicted octanol–water partition coefficient (Wildman–Crippen LogP) is 4.15. The number of aliphatic imine (C=N–C) groups is 1. The second-order valence-corrected chi connectivity index (χ2v) is 7.92. The first-order valence-electron chi connectivity index (χ1n) is 10.1. The zero-order valence-electron chi connectivity index (χ0n) is 17.6. The van der Waals surface area contributed by atoms with Gasteiger partial charge in [-0.05, 0) is 56.8 Å². The molecule has 0 aromatic heterocycles. The molecule has 1 aliphatic rings. The number of likely N-dealkylation sites (tertiary alicyclic amines) is 1. The SMILES string of the molecule is CN=C(NCCCCSC)NCC(c1ccccc1OC)N1CCCCC1.I. The Morgan fingerprint density at radius 2 is 1.93 bits per heavy atom. The lowest BCUT2D eigenvalue weighted by Crippen LogP contribution is -2.44. The van der Waals surface area contributed by atoms with Crippen LogP contribution in [0.2, 0.25) is 0 Å². The Morgan fingerprint density at radius 1 is 1.18 bits per heavy atom. The molecule has 0 saturated carbocycles. The Kier molecular flexibility index (Phi) is 13.8. The molecular weight excluding hydrogens is 483 g/mol. The summed E-state index contributed by atoms with van der Waals surface area (Å²) in [6.07, 6.45) is 8.45. The maximum atomic E-state index is 5.65. The van der Waals surface area contributed by atoms with Gasteiger partial charge in [-0.15, -0.1) is 24.0 Å². The van der Waals surface area contributed by atoms with E-state index in [1.165, 1.54) is 43.4 Å². The molecule has 1 atom stereocenters. The van der Waals surface area contributed by atoms with Crippen molar-refractivity contribution in [3.05, 3.63) is 29.8 Å². The summed E-state index contributed by atoms with van der Waals surface area (Å²) in [6.45, 7) is 4.07. The zero-order chi connectivity index (χ0) is 19.3. The van der Waals surface area contributed by atoms with Crippen molar-refractivity contribution in [1.82, 2.24) is 15.5 Å². The second kappa shape index (κ2) is 15.2. The Labute approximate surface area is 192 Å². The van der Waals surface area contributed by atoms with E-state index in [2.05, 4.69) is 45.0 Å². The van der Waals surface area contributed by atoms with Gasteiger partial charge < -0.3 is 15.4 Å². The number of para-hydroxylation sites is 1. The lowest BCUT2D eigenvalue weighted by atomic mass is 10.0. The number of rotatable bonds is 10. The van der Waals surface area contributed by atoms with Gasteiger partial charge >= 0.3 is 0 Å². The van der Waals surface area contributed by atoms with Crippen LogP contribution in [0.15, 0.2) is 29.3 Å². The average molecular weight is 521 g/mol. The Bertz CT molecular complexity index is 567. The molecule has 0 bridgehead atoms. The van der Waals surface area contributed by atoms with Gasteiger partial charge in [0.1, 0.15) is 5.75 Å². The van der Waals surface area contributed by atoms with Crippen molar-refractivity contribution >= 4 is 41.7 Å². The monoisotopic (exact) mass is 520 g/mol. The van der Waals surface area contributed by atoms with Crippen LogP contribution in [-0.2, 0) is 0 Å². The largest absolute Gasteiger partial charge is 0.496 e. The minimum Gasteiger partial charge on any atom is -0.496 e. The predicted molar refractivity (Wildman–Crippen MR) is 134 cm³/mol. The van der Waals surface area contributed by atoms with Crippen molar-refractivity contribution in [2.75, 3.05) is 52.3 Å². The highest BCUT2D eigenvalue weighted by atomic mass is 127. The van der Waals surface area contributed by atoms with Crippen molar-refractivity contribution in [3.63, 3.8) is 0 Å². The minimum absolute atomic E-state index is 0. The van der Waals surface area contributed by atoms with E-state index in [-0.39, 0.29) is 30.0 Å². The van der Waals surface area contributed by atoms with Crippen molar-refractivity contribution in [2.45, 2.75) is 38.1 Å². The number of piperidine rings is 1. The summed E-state index contributed by atoms with van der Waals surface area (Å²) in [4.78, 5) is 6.98. The molecule has 160 valence electrons. The maximum Gasteiger partial charge on any atom is 0.191 e. The summed E-state index contributed by atoms with van der Waals surface area (Å²) in [5, 5.41) is 6.99. The van der Waals surface area contributed by atoms with Gasteiger partial charge in [0, 0.05) is 25.7 Å². The quantitative estimate of drug-likeness (QED) is 0.210. The first kappa shape index (κ1) is 25.4. The van der Waals surface area contributed by atoms with E-state index < -0.39 is 0 Å². The number of nitrogens with one attached hydrogen (secondary N) is 2. The fourth-order valence-corrected chi connectivity index (χ4v) is 4.09. The Balaban J connectivity index is 0.00000392. The molecule has 2 rings (SSSR count). The highest BCUT2D eigenvalue weighted by Crippen LogP contribution is 2.30. The Hall–Kier alpha value is -0.670. The molecule has 1 heterocycles. The van der Waals surface area contributed by atoms with E-state index in [1.807, 2.05) is 24.9 Å². The number of hydrogen-bond acceptors (Lipinski definition) is 4. The molecule has 2 N–H and O–H groups in total. The molecule has 1 saturated heterocycles. The summed E-state index contributed by atoms with van der Waals surface area (Å²) in [6, 6.07) is 8.69. The van der Waals surface area contributed by atoms with Gasteiger partial charge in [-0.25, -0.2) is 0 Å². The van der Waals surface area contributed by atoms with E-state index in [4.69, 9.17) is 4.74 Å². The number of nitrogens with zero attached hydrogens (tertiary/aromatic N) is 2. The molecule has 1 aromatic carbocycles. The van der Waals surface area contributed by atoms with Gasteiger partial charge in [0.15, 0.2) is 5.96 Å². The number of unbranched alkanes of at least 4 members (excludes halogenated alkanes) is 1. The number of guanidine groups is 1. The Morgan fingerprint density at radius 3 is 2.61 bits per heavy atom. The van der Waals surface area contributed by atoms with Crippen LogP contribution < -0.4 is 15.4 Å². The third kappa shape index (κ3) is 8.37. The van der Waals surface area contributed by atoms with E-state index >= 15 is 0 Å². The van der Waals surface area contributed by atoms with Crippen molar-refractivity contribution in [3.8, 4) is 5.75 Å². The van der Waals surface area contributed by atoms with Crippen molar-refractivity contribution in [2.24, 2.45) is 4.99 Å². The van der Waals surface area contributed by atoms with Gasteiger partial charge in [-0.3, -0.25) is 9.89 Å². The van der Waals surface area contributed by atoms with Crippen LogP contribution in [0.25, 0.3) is 0 Å². The standard InChI is InChI=1S/C21H36N4OS.HI/c1-22-21(23-13-7-10-16-27-3)24-17-19(25-14-8-4-9-15-25)18-11-5-6-12-20(18)26-2;/h5-6,11-12,19H,4,7-10,13-17H2,1-3H3,(H2,22,23,24);1H. The van der Waals surface area contributed by atoms with Crippen LogP contribution >= 0.6 is 35.7 Å². The first-order valence-corrected chi connectivity index (χ1v) is 11.5. The van der Waals surface area contributed by atoms with Crippen LogP contribution in [0.3, 0.4) is 0 Å². The molecule has 0 aliphatic carbocycles. The van der Waals surface area contributed by atoms with Gasteiger partial charge in [-0.2, -0.15) is 11.8 Å². The van der Waals surface area contributed by atoms with E-state index in [1.54, 1.807) is 7.11 Å². The topological polar surface area (TPSA) is 48.9 Å². The van der Waals surface area contributed by atoms with E-state index in [0.717, 1.165) is 37.9 Å². The highest BCUT2D eigenvalue weighted by Gasteiger charge is 2.25. The lowest BCUT2D eigenvalue weighted by molar-refractivity contribution is 0.161. The third-order valence-electron chi connectivity index (χ3n) is 5.08. The molecule has 1 aromatic rings. The number of hydrogen-bond donors (Lipinski definition) is 2. The van der Waals surface area contributed by atoms with Crippen LogP contribution in [0, 0.1) is 0 Å². The fourth-order valence-electron chi connectivity index (χ4n) is 3.60. The molecule has 0 radical (unpaired) electrons. The average Bonchev–Trinajstić information content (AvgIpc) is 2.73. The molecule has 28 heavy (non-hydrogen) atoms. The van der Waals surface area contributed by atoms with Crippen LogP contribution in [0.1, 0.15) is 43.7 Å². The third-order valence-corrected chi connectivity index (χ3v) is 5.78. The first-order chi connectivity index (χ1) is 13.3. The molecule has 0 amide bonds. The summed E-state index contributed by atoms with van der Waals surface area (Å²) in [7, 11) is 3.60. The molecule has 7 heteroatoms. The summed E-state index contributed by atoms with van der Waals surface area (Å²) < 4.78 is 5.65. The fraction of sp³-hybridized carbons (Fsp3) is 0.667. The zero-order valence-corrected chi connectivity index (χ0v) is 20.7. The summed E-state index contributed by atoms with van der Waals surface area (Å²) >= 11 is 1.91. The van der Waals surface area contributed by atoms with Crippen molar-refractivity contribution in [1.29, 1.82) is 0 Å². The van der Waals surface area contributed by atoms with Gasteiger partial charge in [0.2, 0.25) is 0 Å². The number of thioether (sulfide) groups is 1. The van der Waals surface area contributed by atoms with E-state index in [9.17, 15) is 0 Å².